The highest BCUT2D eigenvalue weighted by atomic mass is 32.1. The summed E-state index contributed by atoms with van der Waals surface area (Å²) in [6, 6.07) is 4.89. The van der Waals surface area contributed by atoms with Crippen molar-refractivity contribution in [1.82, 2.24) is 21.1 Å². The second-order valence-electron chi connectivity index (χ2n) is 9.90. The van der Waals surface area contributed by atoms with Crippen LogP contribution in [-0.2, 0) is 25.7 Å². The van der Waals surface area contributed by atoms with E-state index >= 15 is 0 Å². The first-order valence-electron chi connectivity index (χ1n) is 11.3. The van der Waals surface area contributed by atoms with E-state index in [9.17, 15) is 19.6 Å². The van der Waals surface area contributed by atoms with Crippen LogP contribution in [0.2, 0.25) is 0 Å². The van der Waals surface area contributed by atoms with Gasteiger partial charge in [0.15, 0.2) is 0 Å². The molecule has 4 N–H and O–H groups in total. The van der Waals surface area contributed by atoms with E-state index in [4.69, 9.17) is 4.74 Å². The summed E-state index contributed by atoms with van der Waals surface area (Å²) < 4.78 is 6.96. The van der Waals surface area contributed by atoms with Crippen LogP contribution in [0.1, 0.15) is 51.6 Å². The number of benzene rings is 1. The molecule has 0 saturated heterocycles. The molecular weight excluding hydrogens is 456 g/mol. The second-order valence-corrected chi connectivity index (χ2v) is 11.1. The number of nitrogens with zero attached hydrogens (tertiary/aromatic N) is 1. The lowest BCUT2D eigenvalue weighted by Crippen LogP contribution is -2.56. The van der Waals surface area contributed by atoms with Crippen LogP contribution >= 0.6 is 11.3 Å². The van der Waals surface area contributed by atoms with Crippen LogP contribution in [-0.4, -0.2) is 47.1 Å². The molecule has 0 aliphatic rings. The van der Waals surface area contributed by atoms with Crippen LogP contribution in [0.4, 0.5) is 0 Å². The number of aromatic nitrogens is 1. The van der Waals surface area contributed by atoms with E-state index in [1.165, 1.54) is 7.05 Å². The average molecular weight is 493 g/mol. The number of ether oxygens (including phenoxy) is 1. The molecule has 34 heavy (non-hydrogen) atoms. The number of likely N-dealkylation sites (N-methyl/N-ethyl adjacent to an activating group) is 1. The zero-order chi connectivity index (χ0) is 25.6. The number of thiazole rings is 1. The maximum Gasteiger partial charge on any atom is 0.273 e. The number of nitrogens with one attached hydrogen (secondary N) is 3. The summed E-state index contributed by atoms with van der Waals surface area (Å²) in [6.45, 7) is 11.4. The van der Waals surface area contributed by atoms with Gasteiger partial charge in [0.05, 0.1) is 27.7 Å². The van der Waals surface area contributed by atoms with Gasteiger partial charge in [0.1, 0.15) is 12.1 Å². The lowest BCUT2D eigenvalue weighted by Gasteiger charge is -2.33. The van der Waals surface area contributed by atoms with Gasteiger partial charge in [-0.25, -0.2) is 10.5 Å². The van der Waals surface area contributed by atoms with Crippen molar-refractivity contribution >= 4 is 39.3 Å². The fourth-order valence-corrected chi connectivity index (χ4v) is 4.55. The molecule has 10 heteroatoms. The summed E-state index contributed by atoms with van der Waals surface area (Å²) in [4.78, 5) is 42.9. The van der Waals surface area contributed by atoms with Gasteiger partial charge >= 0.3 is 0 Å². The Morgan fingerprint density at radius 1 is 1.15 bits per heavy atom. The molecule has 0 fully saturated rings. The van der Waals surface area contributed by atoms with Crippen molar-refractivity contribution in [2.24, 2.45) is 17.3 Å². The molecule has 3 atom stereocenters. The van der Waals surface area contributed by atoms with Gasteiger partial charge < -0.3 is 15.4 Å². The molecule has 0 saturated carbocycles. The van der Waals surface area contributed by atoms with Gasteiger partial charge in [-0.2, -0.15) is 0 Å². The van der Waals surface area contributed by atoms with Crippen LogP contribution in [0.15, 0.2) is 18.2 Å². The van der Waals surface area contributed by atoms with E-state index < -0.39 is 35.3 Å². The topological polar surface area (TPSA) is 130 Å². The van der Waals surface area contributed by atoms with Crippen molar-refractivity contribution in [1.29, 1.82) is 0 Å². The molecule has 2 aromatic rings. The highest BCUT2D eigenvalue weighted by molar-refractivity contribution is 7.18. The molecule has 0 unspecified atom stereocenters. The number of rotatable bonds is 10. The molecule has 2 rings (SSSR count). The Labute approximate surface area is 204 Å². The number of amides is 3. The SMILES string of the molecule is CNC(=O)[C@@H](NC(=O)[C@H](CC(C)C)[C@H](OCc1ccc2sc(C)nc2c1)C(=O)NO)C(C)(C)C. The number of hydroxylamine groups is 1. The molecule has 0 aliphatic heterocycles. The largest absolute Gasteiger partial charge is 0.363 e. The molecule has 1 heterocycles. The van der Waals surface area contributed by atoms with Gasteiger partial charge in [0.2, 0.25) is 11.8 Å². The summed E-state index contributed by atoms with van der Waals surface area (Å²) in [5.74, 6) is -2.52. The van der Waals surface area contributed by atoms with E-state index in [0.29, 0.717) is 6.42 Å². The van der Waals surface area contributed by atoms with Crippen LogP contribution < -0.4 is 16.1 Å². The maximum absolute atomic E-state index is 13.4. The Hall–Kier alpha value is -2.56. The molecule has 3 amide bonds. The minimum absolute atomic E-state index is 0.0463. The lowest BCUT2D eigenvalue weighted by atomic mass is 9.84. The zero-order valence-corrected chi connectivity index (χ0v) is 21.7. The molecule has 188 valence electrons. The van der Waals surface area contributed by atoms with E-state index in [1.807, 2.05) is 59.7 Å². The van der Waals surface area contributed by atoms with Gasteiger partial charge in [0, 0.05) is 7.05 Å². The number of carbonyl (C=O) groups is 3. The molecule has 1 aromatic carbocycles. The Morgan fingerprint density at radius 3 is 2.38 bits per heavy atom. The molecule has 0 aliphatic carbocycles. The summed E-state index contributed by atoms with van der Waals surface area (Å²) in [5, 5.41) is 15.7. The predicted molar refractivity (Wildman–Crippen MR) is 131 cm³/mol. The third kappa shape index (κ3) is 7.22. The summed E-state index contributed by atoms with van der Waals surface area (Å²) in [7, 11) is 1.50. The minimum atomic E-state index is -1.26. The van der Waals surface area contributed by atoms with E-state index in [1.54, 1.807) is 16.8 Å². The van der Waals surface area contributed by atoms with Crippen molar-refractivity contribution in [2.75, 3.05) is 7.05 Å². The van der Waals surface area contributed by atoms with Crippen molar-refractivity contribution < 1.29 is 24.3 Å². The Morgan fingerprint density at radius 2 is 1.82 bits per heavy atom. The lowest BCUT2D eigenvalue weighted by molar-refractivity contribution is -0.153. The van der Waals surface area contributed by atoms with Crippen molar-refractivity contribution in [3.8, 4) is 0 Å². The number of aryl methyl sites for hydroxylation is 1. The number of hydrogen-bond donors (Lipinski definition) is 4. The van der Waals surface area contributed by atoms with Crippen LogP contribution in [0.5, 0.6) is 0 Å². The van der Waals surface area contributed by atoms with Gasteiger partial charge in [-0.15, -0.1) is 11.3 Å². The first-order valence-corrected chi connectivity index (χ1v) is 12.1. The predicted octanol–water partition coefficient (Wildman–Crippen LogP) is 2.93. The number of carbonyl (C=O) groups excluding carboxylic acids is 3. The van der Waals surface area contributed by atoms with E-state index in [0.717, 1.165) is 20.8 Å². The fourth-order valence-electron chi connectivity index (χ4n) is 3.75. The molecule has 1 aromatic heterocycles. The van der Waals surface area contributed by atoms with Crippen LogP contribution in [0.25, 0.3) is 10.2 Å². The fraction of sp³-hybridized carbons (Fsp3) is 0.583. The third-order valence-electron chi connectivity index (χ3n) is 5.45. The number of fused-ring (bicyclic) bond motifs is 1. The Kier molecular flexibility index (Phi) is 9.54. The van der Waals surface area contributed by atoms with Crippen LogP contribution in [0, 0.1) is 24.2 Å². The first-order chi connectivity index (χ1) is 15.9. The summed E-state index contributed by atoms with van der Waals surface area (Å²) in [5.41, 5.74) is 2.69. The monoisotopic (exact) mass is 492 g/mol. The molecule has 0 bridgehead atoms. The zero-order valence-electron chi connectivity index (χ0n) is 20.9. The maximum atomic E-state index is 13.4. The Bertz CT molecular complexity index is 1010. The molecule has 0 spiro atoms. The quantitative estimate of drug-likeness (QED) is 0.298. The third-order valence-corrected chi connectivity index (χ3v) is 6.40. The van der Waals surface area contributed by atoms with Crippen molar-refractivity contribution in [3.63, 3.8) is 0 Å². The first kappa shape index (κ1) is 27.7. The molecule has 9 nitrogen and oxygen atoms in total. The minimum Gasteiger partial charge on any atom is -0.363 e. The van der Waals surface area contributed by atoms with E-state index in [2.05, 4.69) is 15.6 Å². The van der Waals surface area contributed by atoms with Gasteiger partial charge in [-0.1, -0.05) is 40.7 Å². The molecule has 0 radical (unpaired) electrons. The molecular formula is C24H36N4O5S. The smallest absolute Gasteiger partial charge is 0.273 e. The van der Waals surface area contributed by atoms with Gasteiger partial charge in [-0.3, -0.25) is 19.6 Å². The Balaban J connectivity index is 2.29. The summed E-state index contributed by atoms with van der Waals surface area (Å²) in [6.07, 6.45) is -0.940. The van der Waals surface area contributed by atoms with E-state index in [-0.39, 0.29) is 18.4 Å². The highest BCUT2D eigenvalue weighted by Crippen LogP contribution is 2.26. The average Bonchev–Trinajstić information content (AvgIpc) is 3.13. The normalized spacial score (nSPS) is 14.5. The highest BCUT2D eigenvalue weighted by Gasteiger charge is 2.39. The van der Waals surface area contributed by atoms with Gasteiger partial charge in [0.25, 0.3) is 5.91 Å². The second kappa shape index (κ2) is 11.7. The van der Waals surface area contributed by atoms with Gasteiger partial charge in [-0.05, 0) is 42.4 Å². The standard InChI is InChI=1S/C24H36N4O5S/c1-13(2)10-16(21(29)27-20(23(31)25-7)24(4,5)6)19(22(30)28-32)33-12-15-8-9-18-17(11-15)26-14(3)34-18/h8-9,11,13,16,19-20,32H,10,12H2,1-7H3,(H,25,31)(H,27,29)(H,28,30)/t16-,19+,20-/m1/s1. The number of hydrogen-bond acceptors (Lipinski definition) is 7. The van der Waals surface area contributed by atoms with Crippen LogP contribution in [0.3, 0.4) is 0 Å². The van der Waals surface area contributed by atoms with Crippen molar-refractivity contribution in [3.05, 3.63) is 28.8 Å². The summed E-state index contributed by atoms with van der Waals surface area (Å²) >= 11 is 1.59. The van der Waals surface area contributed by atoms with Crippen molar-refractivity contribution in [2.45, 2.75) is 66.7 Å².